The van der Waals surface area contributed by atoms with Gasteiger partial charge in [0.15, 0.2) is 0 Å². The number of rotatable bonds is 3. The van der Waals surface area contributed by atoms with Crippen LogP contribution < -0.4 is 0 Å². The number of benzene rings is 1. The van der Waals surface area contributed by atoms with Gasteiger partial charge in [0.1, 0.15) is 12.0 Å². The molecule has 7 heteroatoms. The molecule has 2 aromatic rings. The van der Waals surface area contributed by atoms with Crippen LogP contribution in [0.4, 0.5) is 4.39 Å². The molecular weight excluding hydrogens is 289 g/mol. The van der Waals surface area contributed by atoms with Crippen LogP contribution in [0.25, 0.3) is 10.9 Å². The lowest BCUT2D eigenvalue weighted by molar-refractivity contribution is -0.0758. The number of halogens is 1. The highest BCUT2D eigenvalue weighted by atomic mass is 19.1. The van der Waals surface area contributed by atoms with Gasteiger partial charge in [-0.05, 0) is 31.4 Å². The van der Waals surface area contributed by atoms with Gasteiger partial charge in [0.05, 0.1) is 18.2 Å². The lowest BCUT2D eigenvalue weighted by atomic mass is 10.1. The van der Waals surface area contributed by atoms with E-state index in [-0.39, 0.29) is 11.8 Å². The monoisotopic (exact) mass is 307 g/mol. The van der Waals surface area contributed by atoms with E-state index in [4.69, 9.17) is 9.57 Å². The van der Waals surface area contributed by atoms with Crippen LogP contribution in [0.3, 0.4) is 0 Å². The molecule has 2 heterocycles. The normalized spacial score (nSPS) is 18.6. The summed E-state index contributed by atoms with van der Waals surface area (Å²) in [5.41, 5.74) is 0.521. The summed E-state index contributed by atoms with van der Waals surface area (Å²) in [6, 6.07) is 2.81. The zero-order chi connectivity index (χ0) is 15.7. The molecule has 6 nitrogen and oxygen atoms in total. The molecule has 22 heavy (non-hydrogen) atoms. The second-order valence-electron chi connectivity index (χ2n) is 5.27. The molecule has 1 fully saturated rings. The van der Waals surface area contributed by atoms with Gasteiger partial charge in [-0.2, -0.15) is 5.10 Å². The summed E-state index contributed by atoms with van der Waals surface area (Å²) in [6.45, 7) is 0.688. The van der Waals surface area contributed by atoms with E-state index in [0.717, 1.165) is 24.3 Å². The van der Waals surface area contributed by atoms with E-state index < -0.39 is 11.7 Å². The first kappa shape index (κ1) is 14.9. The van der Waals surface area contributed by atoms with Crippen LogP contribution in [0.1, 0.15) is 35.8 Å². The van der Waals surface area contributed by atoms with E-state index in [9.17, 15) is 9.18 Å². The number of carbonyl (C=O) groups excluding carboxylic acids is 1. The van der Waals surface area contributed by atoms with Crippen molar-refractivity contribution in [2.45, 2.75) is 25.5 Å². The summed E-state index contributed by atoms with van der Waals surface area (Å²) in [5, 5.41) is 5.87. The Labute approximate surface area is 127 Å². The minimum atomic E-state index is -0.592. The number of aromatic nitrogens is 2. The molecule has 0 radical (unpaired) electrons. The van der Waals surface area contributed by atoms with Crippen molar-refractivity contribution >= 4 is 16.8 Å². The molecule has 0 saturated carbocycles. The Morgan fingerprint density at radius 3 is 3.00 bits per heavy atom. The van der Waals surface area contributed by atoms with E-state index in [0.29, 0.717) is 17.5 Å². The topological polar surface area (TPSA) is 56.6 Å². The first-order chi connectivity index (χ1) is 10.6. The number of carbonyl (C=O) groups is 1. The summed E-state index contributed by atoms with van der Waals surface area (Å²) in [4.78, 5) is 17.1. The predicted molar refractivity (Wildman–Crippen MR) is 77.6 cm³/mol. The molecule has 0 bridgehead atoms. The Morgan fingerprint density at radius 1 is 1.50 bits per heavy atom. The Balaban J connectivity index is 2.05. The molecule has 118 valence electrons. The molecule has 1 aromatic carbocycles. The van der Waals surface area contributed by atoms with Crippen LogP contribution in [0.2, 0.25) is 0 Å². The van der Waals surface area contributed by atoms with Gasteiger partial charge < -0.3 is 4.74 Å². The smallest absolute Gasteiger partial charge is 0.280 e. The van der Waals surface area contributed by atoms with Gasteiger partial charge in [-0.1, -0.05) is 0 Å². The highest BCUT2D eigenvalue weighted by Crippen LogP contribution is 2.27. The number of hydrogen-bond donors (Lipinski definition) is 0. The fraction of sp³-hybridized carbons (Fsp3) is 0.467. The van der Waals surface area contributed by atoms with Crippen molar-refractivity contribution in [3.8, 4) is 0 Å². The maximum absolute atomic E-state index is 14.1. The van der Waals surface area contributed by atoms with Gasteiger partial charge >= 0.3 is 0 Å². The molecule has 1 amide bonds. The molecule has 1 aliphatic heterocycles. The number of amides is 1. The molecule has 0 N–H and O–H groups in total. The minimum absolute atomic E-state index is 0.0380. The number of nitrogens with zero attached hydrogens (tertiary/aromatic N) is 3. The first-order valence-corrected chi connectivity index (χ1v) is 7.23. The molecule has 0 aliphatic carbocycles. The number of hydroxylamine groups is 2. The van der Waals surface area contributed by atoms with Crippen molar-refractivity contribution < 1.29 is 18.8 Å². The van der Waals surface area contributed by atoms with E-state index in [1.54, 1.807) is 16.9 Å². The van der Waals surface area contributed by atoms with Crippen LogP contribution in [-0.4, -0.2) is 41.5 Å². The Bertz CT molecular complexity index is 695. The van der Waals surface area contributed by atoms with Gasteiger partial charge in [-0.15, -0.1) is 0 Å². The Kier molecular flexibility index (Phi) is 4.08. The predicted octanol–water partition coefficient (Wildman–Crippen LogP) is 2.51. The second kappa shape index (κ2) is 6.02. The maximum Gasteiger partial charge on any atom is 0.280 e. The summed E-state index contributed by atoms with van der Waals surface area (Å²) in [7, 11) is 2.80. The van der Waals surface area contributed by atoms with E-state index in [1.807, 2.05) is 0 Å². The molecule has 1 unspecified atom stereocenters. The SMILES string of the molecule is CON(C)C(=O)c1c(F)ccc2nn(C3CCCCO3)cc12. The van der Waals surface area contributed by atoms with Crippen molar-refractivity contribution in [3.05, 3.63) is 29.7 Å². The maximum atomic E-state index is 14.1. The van der Waals surface area contributed by atoms with Gasteiger partial charge in [0, 0.05) is 25.2 Å². The number of ether oxygens (including phenoxy) is 1. The third kappa shape index (κ3) is 2.57. The van der Waals surface area contributed by atoms with E-state index in [1.165, 1.54) is 20.2 Å². The van der Waals surface area contributed by atoms with Gasteiger partial charge in [0.2, 0.25) is 0 Å². The lowest BCUT2D eigenvalue weighted by Gasteiger charge is -2.22. The van der Waals surface area contributed by atoms with Crippen LogP contribution in [0.5, 0.6) is 0 Å². The van der Waals surface area contributed by atoms with Crippen molar-refractivity contribution in [1.29, 1.82) is 0 Å². The zero-order valence-electron chi connectivity index (χ0n) is 12.6. The molecule has 3 rings (SSSR count). The van der Waals surface area contributed by atoms with Gasteiger partial charge in [-0.3, -0.25) is 9.63 Å². The average molecular weight is 307 g/mol. The lowest BCUT2D eigenvalue weighted by Crippen LogP contribution is -2.26. The number of hydrogen-bond acceptors (Lipinski definition) is 4. The van der Waals surface area contributed by atoms with Crippen molar-refractivity contribution in [1.82, 2.24) is 14.8 Å². The van der Waals surface area contributed by atoms with Crippen molar-refractivity contribution in [3.63, 3.8) is 0 Å². The standard InChI is InChI=1S/C15H18FN3O3/c1-18(21-2)15(20)14-10-9-19(13-5-3-4-8-22-13)17-12(10)7-6-11(14)16/h6-7,9,13H,3-5,8H2,1-2H3. The number of fused-ring (bicyclic) bond motifs is 1. The zero-order valence-corrected chi connectivity index (χ0v) is 12.6. The summed E-state index contributed by atoms with van der Waals surface area (Å²) in [6.07, 6.45) is 4.47. The van der Waals surface area contributed by atoms with Crippen molar-refractivity contribution in [2.75, 3.05) is 20.8 Å². The van der Waals surface area contributed by atoms with Crippen molar-refractivity contribution in [2.24, 2.45) is 0 Å². The van der Waals surface area contributed by atoms with Gasteiger partial charge in [0.25, 0.3) is 5.91 Å². The summed E-state index contributed by atoms with van der Waals surface area (Å²) in [5.74, 6) is -1.14. The molecular formula is C15H18FN3O3. The van der Waals surface area contributed by atoms with Crippen LogP contribution in [-0.2, 0) is 9.57 Å². The molecule has 1 aliphatic rings. The fourth-order valence-corrected chi connectivity index (χ4v) is 2.62. The van der Waals surface area contributed by atoms with Gasteiger partial charge in [-0.25, -0.2) is 14.1 Å². The third-order valence-electron chi connectivity index (χ3n) is 3.88. The largest absolute Gasteiger partial charge is 0.357 e. The fourth-order valence-electron chi connectivity index (χ4n) is 2.62. The molecule has 0 spiro atoms. The second-order valence-corrected chi connectivity index (χ2v) is 5.27. The molecule has 1 aromatic heterocycles. The quantitative estimate of drug-likeness (QED) is 0.818. The van der Waals surface area contributed by atoms with Crippen LogP contribution >= 0.6 is 0 Å². The van der Waals surface area contributed by atoms with Crippen LogP contribution in [0, 0.1) is 5.82 Å². The highest BCUT2D eigenvalue weighted by Gasteiger charge is 2.23. The summed E-state index contributed by atoms with van der Waals surface area (Å²) >= 11 is 0. The van der Waals surface area contributed by atoms with Crippen LogP contribution in [0.15, 0.2) is 18.3 Å². The first-order valence-electron chi connectivity index (χ1n) is 7.23. The third-order valence-corrected chi connectivity index (χ3v) is 3.88. The highest BCUT2D eigenvalue weighted by molar-refractivity contribution is 6.05. The minimum Gasteiger partial charge on any atom is -0.357 e. The Hall–Kier alpha value is -1.99. The molecule has 1 saturated heterocycles. The average Bonchev–Trinajstić information content (AvgIpc) is 2.98. The van der Waals surface area contributed by atoms with E-state index in [2.05, 4.69) is 5.10 Å². The van der Waals surface area contributed by atoms with E-state index >= 15 is 0 Å². The molecule has 1 atom stereocenters. The Morgan fingerprint density at radius 2 is 2.32 bits per heavy atom. The summed E-state index contributed by atoms with van der Waals surface area (Å²) < 4.78 is 21.5.